The molecule has 1 N–H and O–H groups in total. The summed E-state index contributed by atoms with van der Waals surface area (Å²) in [7, 11) is -3.09. The molecule has 2 fully saturated rings. The van der Waals surface area contributed by atoms with Gasteiger partial charge in [0.1, 0.15) is 0 Å². The molecule has 0 radical (unpaired) electrons. The van der Waals surface area contributed by atoms with E-state index in [1.807, 2.05) is 12.1 Å². The van der Waals surface area contributed by atoms with Crippen molar-refractivity contribution < 1.29 is 8.42 Å². The Hall–Kier alpha value is -0.870. The SMILES string of the molecule is CC(NCC1(C2CC2)CC1)c1ccc(S(C)(=O)=O)cc1. The molecule has 20 heavy (non-hydrogen) atoms. The lowest BCUT2D eigenvalue weighted by Gasteiger charge is -2.20. The molecule has 110 valence electrons. The number of hydrogen-bond acceptors (Lipinski definition) is 3. The van der Waals surface area contributed by atoms with Crippen LogP contribution < -0.4 is 5.32 Å². The van der Waals surface area contributed by atoms with E-state index in [9.17, 15) is 8.42 Å². The Morgan fingerprint density at radius 2 is 1.85 bits per heavy atom. The van der Waals surface area contributed by atoms with Gasteiger partial charge in [0.15, 0.2) is 9.84 Å². The van der Waals surface area contributed by atoms with E-state index in [0.29, 0.717) is 10.3 Å². The summed E-state index contributed by atoms with van der Waals surface area (Å²) in [5, 5.41) is 3.63. The van der Waals surface area contributed by atoms with Crippen molar-refractivity contribution in [2.24, 2.45) is 11.3 Å². The summed E-state index contributed by atoms with van der Waals surface area (Å²) in [6.07, 6.45) is 6.84. The van der Waals surface area contributed by atoms with Crippen molar-refractivity contribution in [3.63, 3.8) is 0 Å². The highest BCUT2D eigenvalue weighted by Crippen LogP contribution is 2.60. The number of benzene rings is 1. The van der Waals surface area contributed by atoms with E-state index in [1.165, 1.54) is 31.9 Å². The molecule has 1 unspecified atom stereocenters. The predicted octanol–water partition coefficient (Wildman–Crippen LogP) is 2.93. The number of hydrogen-bond donors (Lipinski definition) is 1. The Labute approximate surface area is 121 Å². The lowest BCUT2D eigenvalue weighted by atomic mass is 9.99. The van der Waals surface area contributed by atoms with E-state index in [2.05, 4.69) is 12.2 Å². The van der Waals surface area contributed by atoms with Crippen molar-refractivity contribution in [3.05, 3.63) is 29.8 Å². The minimum absolute atomic E-state index is 0.278. The molecule has 0 amide bonds. The van der Waals surface area contributed by atoms with Gasteiger partial charge in [-0.3, -0.25) is 0 Å². The second kappa shape index (κ2) is 4.85. The Morgan fingerprint density at radius 3 is 2.30 bits per heavy atom. The molecule has 3 rings (SSSR count). The van der Waals surface area contributed by atoms with Gasteiger partial charge in [0, 0.05) is 18.8 Å². The van der Waals surface area contributed by atoms with Crippen LogP contribution in [0.25, 0.3) is 0 Å². The van der Waals surface area contributed by atoms with Gasteiger partial charge in [0.05, 0.1) is 4.90 Å². The molecule has 0 saturated heterocycles. The lowest BCUT2D eigenvalue weighted by molar-refractivity contribution is 0.382. The summed E-state index contributed by atoms with van der Waals surface area (Å²) in [5.41, 5.74) is 1.75. The van der Waals surface area contributed by atoms with Crippen molar-refractivity contribution in [1.29, 1.82) is 0 Å². The third-order valence-corrected chi connectivity index (χ3v) is 6.03. The van der Waals surface area contributed by atoms with Gasteiger partial charge >= 0.3 is 0 Å². The van der Waals surface area contributed by atoms with E-state index in [1.54, 1.807) is 12.1 Å². The van der Waals surface area contributed by atoms with Gasteiger partial charge in [-0.05, 0) is 61.6 Å². The van der Waals surface area contributed by atoms with Gasteiger partial charge in [-0.1, -0.05) is 12.1 Å². The molecule has 2 saturated carbocycles. The summed E-state index contributed by atoms with van der Waals surface area (Å²) in [4.78, 5) is 0.394. The minimum atomic E-state index is -3.09. The highest BCUT2D eigenvalue weighted by Gasteiger charge is 2.53. The molecule has 2 aliphatic rings. The van der Waals surface area contributed by atoms with Crippen LogP contribution in [0.5, 0.6) is 0 Å². The van der Waals surface area contributed by atoms with Crippen molar-refractivity contribution in [2.75, 3.05) is 12.8 Å². The van der Waals surface area contributed by atoms with Gasteiger partial charge in [-0.25, -0.2) is 8.42 Å². The zero-order valence-corrected chi connectivity index (χ0v) is 13.0. The van der Waals surface area contributed by atoms with E-state index in [4.69, 9.17) is 0 Å². The van der Waals surface area contributed by atoms with Gasteiger partial charge in [0.25, 0.3) is 0 Å². The van der Waals surface area contributed by atoms with Gasteiger partial charge in [-0.2, -0.15) is 0 Å². The van der Waals surface area contributed by atoms with E-state index >= 15 is 0 Å². The third kappa shape index (κ3) is 2.91. The van der Waals surface area contributed by atoms with Crippen LogP contribution in [0.3, 0.4) is 0 Å². The van der Waals surface area contributed by atoms with Crippen molar-refractivity contribution in [3.8, 4) is 0 Å². The molecular weight excluding hydrogens is 270 g/mol. The summed E-state index contributed by atoms with van der Waals surface area (Å²) >= 11 is 0. The number of nitrogens with one attached hydrogen (secondary N) is 1. The maximum Gasteiger partial charge on any atom is 0.175 e. The first-order valence-corrected chi connectivity index (χ1v) is 9.33. The molecule has 0 heterocycles. The van der Waals surface area contributed by atoms with Crippen LogP contribution in [-0.2, 0) is 9.84 Å². The topological polar surface area (TPSA) is 46.2 Å². The summed E-state index contributed by atoms with van der Waals surface area (Å²) in [6, 6.07) is 7.53. The predicted molar refractivity (Wildman–Crippen MR) is 80.4 cm³/mol. The van der Waals surface area contributed by atoms with Crippen LogP contribution in [0, 0.1) is 11.3 Å². The highest BCUT2D eigenvalue weighted by molar-refractivity contribution is 7.90. The van der Waals surface area contributed by atoms with E-state index < -0.39 is 9.84 Å². The first-order chi connectivity index (χ1) is 9.41. The molecule has 3 nitrogen and oxygen atoms in total. The summed E-state index contributed by atoms with van der Waals surface area (Å²) in [5.74, 6) is 0.967. The van der Waals surface area contributed by atoms with Crippen molar-refractivity contribution >= 4 is 9.84 Å². The molecule has 1 aromatic carbocycles. The Bertz CT molecular complexity index is 583. The van der Waals surface area contributed by atoms with Gasteiger partial charge in [-0.15, -0.1) is 0 Å². The average molecular weight is 293 g/mol. The van der Waals surface area contributed by atoms with E-state index in [-0.39, 0.29) is 6.04 Å². The summed E-state index contributed by atoms with van der Waals surface area (Å²) in [6.45, 7) is 3.26. The minimum Gasteiger partial charge on any atom is -0.310 e. The fourth-order valence-corrected chi connectivity index (χ4v) is 3.69. The van der Waals surface area contributed by atoms with Crippen LogP contribution >= 0.6 is 0 Å². The molecule has 0 bridgehead atoms. The zero-order valence-electron chi connectivity index (χ0n) is 12.2. The van der Waals surface area contributed by atoms with Crippen LogP contribution in [0.4, 0.5) is 0 Å². The average Bonchev–Trinajstić information content (AvgIpc) is 3.27. The monoisotopic (exact) mass is 293 g/mol. The van der Waals surface area contributed by atoms with E-state index in [0.717, 1.165) is 18.0 Å². The second-order valence-corrected chi connectivity index (χ2v) is 8.60. The number of sulfone groups is 1. The second-order valence-electron chi connectivity index (χ2n) is 6.58. The Morgan fingerprint density at radius 1 is 1.25 bits per heavy atom. The van der Waals surface area contributed by atoms with Crippen molar-refractivity contribution in [1.82, 2.24) is 5.32 Å². The lowest BCUT2D eigenvalue weighted by Crippen LogP contribution is -2.28. The Kier molecular flexibility index (Phi) is 3.41. The highest BCUT2D eigenvalue weighted by atomic mass is 32.2. The van der Waals surface area contributed by atoms with Crippen LogP contribution in [0.15, 0.2) is 29.2 Å². The van der Waals surface area contributed by atoms with Crippen LogP contribution in [0.2, 0.25) is 0 Å². The molecule has 0 spiro atoms. The quantitative estimate of drug-likeness (QED) is 0.877. The standard InChI is InChI=1S/C16H23NO2S/c1-12(17-11-16(9-10-16)14-5-6-14)13-3-7-15(8-4-13)20(2,18)19/h3-4,7-8,12,14,17H,5-6,9-11H2,1-2H3. The Balaban J connectivity index is 1.61. The molecule has 0 aromatic heterocycles. The fourth-order valence-electron chi connectivity index (χ4n) is 3.06. The fraction of sp³-hybridized carbons (Fsp3) is 0.625. The maximum absolute atomic E-state index is 11.4. The molecule has 2 aliphatic carbocycles. The molecule has 1 atom stereocenters. The normalized spacial score (nSPS) is 22.5. The molecule has 4 heteroatoms. The smallest absolute Gasteiger partial charge is 0.175 e. The summed E-state index contributed by atoms with van der Waals surface area (Å²) < 4.78 is 22.9. The van der Waals surface area contributed by atoms with Gasteiger partial charge in [0.2, 0.25) is 0 Å². The first kappa shape index (κ1) is 14.1. The zero-order chi connectivity index (χ0) is 14.4. The first-order valence-electron chi connectivity index (χ1n) is 7.44. The van der Waals surface area contributed by atoms with Crippen LogP contribution in [0.1, 0.15) is 44.2 Å². The van der Waals surface area contributed by atoms with Crippen molar-refractivity contribution in [2.45, 2.75) is 43.5 Å². The van der Waals surface area contributed by atoms with Gasteiger partial charge < -0.3 is 5.32 Å². The largest absolute Gasteiger partial charge is 0.310 e. The molecule has 0 aliphatic heterocycles. The third-order valence-electron chi connectivity index (χ3n) is 4.90. The maximum atomic E-state index is 11.4. The number of rotatable bonds is 6. The van der Waals surface area contributed by atoms with Crippen LogP contribution in [-0.4, -0.2) is 21.2 Å². The molecular formula is C16H23NO2S. The molecule has 1 aromatic rings.